The number of nitrogens with zero attached hydrogens (tertiary/aromatic N) is 2. The lowest BCUT2D eigenvalue weighted by Gasteiger charge is -2.08. The molecule has 3 rings (SSSR count). The number of anilines is 1. The number of nitrogens with one attached hydrogen (secondary N) is 1. The Bertz CT molecular complexity index is 1060. The molecule has 0 spiro atoms. The van der Waals surface area contributed by atoms with Crippen molar-refractivity contribution in [3.8, 4) is 0 Å². The summed E-state index contributed by atoms with van der Waals surface area (Å²) in [5.74, 6) is -0.231. The van der Waals surface area contributed by atoms with Crippen LogP contribution in [-0.4, -0.2) is 18.2 Å². The van der Waals surface area contributed by atoms with Gasteiger partial charge in [-0.2, -0.15) is 5.10 Å². The minimum absolute atomic E-state index is 0.0452. The van der Waals surface area contributed by atoms with Gasteiger partial charge in [-0.3, -0.25) is 9.40 Å². The van der Waals surface area contributed by atoms with Crippen molar-refractivity contribution < 1.29 is 12.8 Å². The molecule has 1 heterocycles. The predicted molar refractivity (Wildman–Crippen MR) is 103 cm³/mol. The van der Waals surface area contributed by atoms with E-state index in [1.807, 2.05) is 0 Å². The molecule has 2 aromatic carbocycles. The van der Waals surface area contributed by atoms with Crippen LogP contribution in [0, 0.1) is 5.82 Å². The first-order valence-corrected chi connectivity index (χ1v) is 10.2. The van der Waals surface area contributed by atoms with Crippen molar-refractivity contribution in [1.29, 1.82) is 0 Å². The van der Waals surface area contributed by atoms with Crippen molar-refractivity contribution in [3.63, 3.8) is 0 Å². The lowest BCUT2D eigenvalue weighted by molar-refractivity contribution is 0.600. The van der Waals surface area contributed by atoms with Gasteiger partial charge in [0.05, 0.1) is 16.0 Å². The van der Waals surface area contributed by atoms with Gasteiger partial charge in [-0.05, 0) is 51.8 Å². The highest BCUT2D eigenvalue weighted by molar-refractivity contribution is 9.10. The van der Waals surface area contributed by atoms with Crippen LogP contribution in [0.15, 0.2) is 58.0 Å². The van der Waals surface area contributed by atoms with Crippen molar-refractivity contribution in [2.24, 2.45) is 0 Å². The molecule has 1 aromatic heterocycles. The maximum atomic E-state index is 13.0. The number of hydrogen-bond donors (Lipinski definition) is 1. The van der Waals surface area contributed by atoms with E-state index in [1.165, 1.54) is 35.0 Å². The normalized spacial score (nSPS) is 11.5. The summed E-state index contributed by atoms with van der Waals surface area (Å²) in [6.45, 7) is 0.346. The lowest BCUT2D eigenvalue weighted by atomic mass is 10.2. The molecule has 1 N–H and O–H groups in total. The maximum Gasteiger partial charge on any atom is 0.264 e. The van der Waals surface area contributed by atoms with E-state index in [1.54, 1.807) is 18.3 Å². The molecular formula is C16H11BrCl2FN3O2S. The number of halogens is 4. The zero-order valence-corrected chi connectivity index (χ0v) is 16.9. The van der Waals surface area contributed by atoms with Gasteiger partial charge in [0.1, 0.15) is 10.7 Å². The van der Waals surface area contributed by atoms with E-state index in [2.05, 4.69) is 25.8 Å². The molecule has 10 heteroatoms. The number of aromatic nitrogens is 2. The van der Waals surface area contributed by atoms with Gasteiger partial charge >= 0.3 is 0 Å². The van der Waals surface area contributed by atoms with Crippen LogP contribution in [0.1, 0.15) is 5.56 Å². The van der Waals surface area contributed by atoms with Gasteiger partial charge in [0.15, 0.2) is 5.82 Å². The molecule has 0 fully saturated rings. The van der Waals surface area contributed by atoms with E-state index in [0.29, 0.717) is 11.0 Å². The van der Waals surface area contributed by atoms with Crippen LogP contribution >= 0.6 is 39.1 Å². The fourth-order valence-corrected chi connectivity index (χ4v) is 4.52. The van der Waals surface area contributed by atoms with E-state index in [-0.39, 0.29) is 26.6 Å². The van der Waals surface area contributed by atoms with E-state index in [9.17, 15) is 12.8 Å². The van der Waals surface area contributed by atoms with Crippen molar-refractivity contribution in [2.75, 3.05) is 4.72 Å². The third-order valence-corrected chi connectivity index (χ3v) is 6.02. The number of rotatable bonds is 5. The Balaban J connectivity index is 1.85. The summed E-state index contributed by atoms with van der Waals surface area (Å²) in [6.07, 6.45) is 1.61. The Labute approximate surface area is 167 Å². The van der Waals surface area contributed by atoms with Crippen LogP contribution in [-0.2, 0) is 16.6 Å². The highest BCUT2D eigenvalue weighted by atomic mass is 79.9. The number of sulfonamides is 1. The minimum Gasteiger partial charge on any atom is -0.265 e. The molecule has 0 saturated carbocycles. The third kappa shape index (κ3) is 4.37. The smallest absolute Gasteiger partial charge is 0.264 e. The largest absolute Gasteiger partial charge is 0.265 e. The fraction of sp³-hybridized carbons (Fsp3) is 0.0625. The molecule has 0 aliphatic heterocycles. The summed E-state index contributed by atoms with van der Waals surface area (Å²) in [6, 6.07) is 10.1. The average molecular weight is 479 g/mol. The quantitative estimate of drug-likeness (QED) is 0.564. The molecule has 26 heavy (non-hydrogen) atoms. The molecule has 0 bridgehead atoms. The summed E-state index contributed by atoms with van der Waals surface area (Å²) in [7, 11) is -3.98. The molecule has 5 nitrogen and oxygen atoms in total. The molecular weight excluding hydrogens is 468 g/mol. The summed E-state index contributed by atoms with van der Waals surface area (Å²) < 4.78 is 42.5. The van der Waals surface area contributed by atoms with E-state index in [0.717, 1.165) is 5.56 Å². The average Bonchev–Trinajstić information content (AvgIpc) is 2.90. The number of hydrogen-bond acceptors (Lipinski definition) is 3. The van der Waals surface area contributed by atoms with Crippen LogP contribution < -0.4 is 4.72 Å². The van der Waals surface area contributed by atoms with Gasteiger partial charge in [0.25, 0.3) is 10.0 Å². The molecule has 3 aromatic rings. The van der Waals surface area contributed by atoms with Crippen LogP contribution in [0.4, 0.5) is 10.2 Å². The van der Waals surface area contributed by atoms with Crippen molar-refractivity contribution in [1.82, 2.24) is 9.78 Å². The first kappa shape index (κ1) is 19.2. The summed E-state index contributed by atoms with van der Waals surface area (Å²) in [4.78, 5) is -0.147. The van der Waals surface area contributed by atoms with Crippen molar-refractivity contribution in [3.05, 3.63) is 74.6 Å². The Morgan fingerprint density at radius 3 is 2.54 bits per heavy atom. The van der Waals surface area contributed by atoms with Crippen molar-refractivity contribution in [2.45, 2.75) is 11.4 Å². The second-order valence-electron chi connectivity index (χ2n) is 5.33. The van der Waals surface area contributed by atoms with Gasteiger partial charge in [0.2, 0.25) is 0 Å². The topological polar surface area (TPSA) is 64.0 Å². The SMILES string of the molecule is O=S(=O)(Nc1nn(Cc2ccc(F)cc2)cc1Br)c1cc(Cl)ccc1Cl. The van der Waals surface area contributed by atoms with Gasteiger partial charge in [-0.1, -0.05) is 35.3 Å². The molecule has 0 amide bonds. The van der Waals surface area contributed by atoms with Crippen molar-refractivity contribution >= 4 is 55.0 Å². The van der Waals surface area contributed by atoms with Gasteiger partial charge in [-0.15, -0.1) is 0 Å². The van der Waals surface area contributed by atoms with E-state index >= 15 is 0 Å². The Hall–Kier alpha value is -1.61. The zero-order chi connectivity index (χ0) is 18.9. The highest BCUT2D eigenvalue weighted by Crippen LogP contribution is 2.29. The van der Waals surface area contributed by atoms with Crippen LogP contribution in [0.2, 0.25) is 10.0 Å². The second kappa shape index (κ2) is 7.56. The first-order valence-electron chi connectivity index (χ1n) is 7.20. The molecule has 0 atom stereocenters. The van der Waals surface area contributed by atoms with E-state index < -0.39 is 10.0 Å². The minimum atomic E-state index is -3.98. The Morgan fingerprint density at radius 2 is 1.85 bits per heavy atom. The number of benzene rings is 2. The molecule has 136 valence electrons. The first-order chi connectivity index (χ1) is 12.2. The monoisotopic (exact) mass is 477 g/mol. The standard InChI is InChI=1S/C16H11BrCl2FN3O2S/c17-13-9-23(8-10-1-4-12(20)5-2-10)21-16(13)22-26(24,25)15-7-11(18)3-6-14(15)19/h1-7,9H,8H2,(H,21,22). The highest BCUT2D eigenvalue weighted by Gasteiger charge is 2.21. The zero-order valence-electron chi connectivity index (χ0n) is 13.0. The van der Waals surface area contributed by atoms with Crippen LogP contribution in [0.25, 0.3) is 0 Å². The van der Waals surface area contributed by atoms with Gasteiger partial charge < -0.3 is 0 Å². The Kier molecular flexibility index (Phi) is 5.57. The lowest BCUT2D eigenvalue weighted by Crippen LogP contribution is -2.14. The molecule has 0 aliphatic carbocycles. The molecule has 0 unspecified atom stereocenters. The predicted octanol–water partition coefficient (Wildman–Crippen LogP) is 4.94. The van der Waals surface area contributed by atoms with Crippen LogP contribution in [0.3, 0.4) is 0 Å². The second-order valence-corrected chi connectivity index (χ2v) is 8.68. The molecule has 0 radical (unpaired) electrons. The van der Waals surface area contributed by atoms with Gasteiger partial charge in [-0.25, -0.2) is 12.8 Å². The van der Waals surface area contributed by atoms with E-state index in [4.69, 9.17) is 23.2 Å². The Morgan fingerprint density at radius 1 is 1.15 bits per heavy atom. The fourth-order valence-electron chi connectivity index (χ4n) is 2.19. The summed E-state index contributed by atoms with van der Waals surface area (Å²) in [5.41, 5.74) is 0.814. The summed E-state index contributed by atoms with van der Waals surface area (Å²) in [5, 5.41) is 4.49. The third-order valence-electron chi connectivity index (χ3n) is 3.39. The molecule has 0 saturated heterocycles. The maximum absolute atomic E-state index is 13.0. The van der Waals surface area contributed by atoms with Gasteiger partial charge in [0, 0.05) is 11.2 Å². The van der Waals surface area contributed by atoms with Crippen LogP contribution in [0.5, 0.6) is 0 Å². The summed E-state index contributed by atoms with van der Waals surface area (Å²) >= 11 is 15.1. The molecule has 0 aliphatic rings.